The Labute approximate surface area is 124 Å². The molecule has 6 nitrogen and oxygen atoms in total. The van der Waals surface area contributed by atoms with Gasteiger partial charge in [-0.25, -0.2) is 4.79 Å². The van der Waals surface area contributed by atoms with Gasteiger partial charge in [-0.2, -0.15) is 0 Å². The van der Waals surface area contributed by atoms with E-state index in [1.54, 1.807) is 12.1 Å². The topological polar surface area (TPSA) is 92.4 Å². The van der Waals surface area contributed by atoms with Crippen molar-refractivity contribution < 1.29 is 19.2 Å². The first-order valence-electron chi connectivity index (χ1n) is 6.72. The number of nitrogens with one attached hydrogen (secondary N) is 1. The van der Waals surface area contributed by atoms with E-state index in [2.05, 4.69) is 10.5 Å². The number of aromatic carboxylic acids is 1. The summed E-state index contributed by atoms with van der Waals surface area (Å²) in [6, 6.07) is 3.21. The Morgan fingerprint density at radius 1 is 1.48 bits per heavy atom. The Balaban J connectivity index is 1.79. The predicted molar refractivity (Wildman–Crippen MR) is 77.1 cm³/mol. The second-order valence-electron chi connectivity index (χ2n) is 4.96. The fourth-order valence-corrected chi connectivity index (χ4v) is 2.97. The van der Waals surface area contributed by atoms with Gasteiger partial charge in [0.15, 0.2) is 5.69 Å². The van der Waals surface area contributed by atoms with Gasteiger partial charge < -0.3 is 14.9 Å². The highest BCUT2D eigenvalue weighted by Gasteiger charge is 2.29. The number of aryl methyl sites for hydroxylation is 1. The van der Waals surface area contributed by atoms with Crippen LogP contribution in [0.25, 0.3) is 0 Å². The number of carbonyl (C=O) groups excluding carboxylic acids is 1. The van der Waals surface area contributed by atoms with Crippen molar-refractivity contribution in [1.29, 1.82) is 0 Å². The van der Waals surface area contributed by atoms with Crippen molar-refractivity contribution in [3.05, 3.63) is 34.0 Å². The summed E-state index contributed by atoms with van der Waals surface area (Å²) >= 11 is 1.27. The standard InChI is InChI=1S/C14H14N2O4S/c1-2-8-5-9(14(18)19)13(21-8)15-12(17)10-6-11(20-16-10)7-3-4-7/h5-7H,2-4H2,1H3,(H,15,17)(H,18,19). The van der Waals surface area contributed by atoms with Gasteiger partial charge in [-0.05, 0) is 25.3 Å². The van der Waals surface area contributed by atoms with Crippen LogP contribution in [0.2, 0.25) is 0 Å². The number of hydrogen-bond acceptors (Lipinski definition) is 5. The fraction of sp³-hybridized carbons (Fsp3) is 0.357. The van der Waals surface area contributed by atoms with Crippen molar-refractivity contribution >= 4 is 28.2 Å². The van der Waals surface area contributed by atoms with Gasteiger partial charge in [0.2, 0.25) is 0 Å². The van der Waals surface area contributed by atoms with E-state index in [0.717, 1.165) is 29.9 Å². The van der Waals surface area contributed by atoms with Crippen LogP contribution < -0.4 is 5.32 Å². The Bertz CT molecular complexity index is 700. The molecule has 0 unspecified atom stereocenters. The molecule has 1 aliphatic carbocycles. The van der Waals surface area contributed by atoms with E-state index in [9.17, 15) is 9.59 Å². The summed E-state index contributed by atoms with van der Waals surface area (Å²) in [6.07, 6.45) is 2.84. The lowest BCUT2D eigenvalue weighted by Crippen LogP contribution is -2.13. The molecule has 2 N–H and O–H groups in total. The Kier molecular flexibility index (Phi) is 3.50. The maximum absolute atomic E-state index is 12.1. The lowest BCUT2D eigenvalue weighted by molar-refractivity contribution is 0.0698. The minimum atomic E-state index is -1.06. The number of rotatable bonds is 5. The number of hydrogen-bond donors (Lipinski definition) is 2. The molecule has 1 amide bonds. The highest BCUT2D eigenvalue weighted by atomic mass is 32.1. The second kappa shape index (κ2) is 5.33. The summed E-state index contributed by atoms with van der Waals surface area (Å²) in [5.74, 6) is -0.404. The number of nitrogens with zero attached hydrogens (tertiary/aromatic N) is 1. The Morgan fingerprint density at radius 2 is 2.24 bits per heavy atom. The van der Waals surface area contributed by atoms with E-state index in [0.29, 0.717) is 10.9 Å². The monoisotopic (exact) mass is 306 g/mol. The number of carboxylic acids is 1. The third-order valence-electron chi connectivity index (χ3n) is 3.33. The molecule has 2 heterocycles. The van der Waals surface area contributed by atoms with Crippen LogP contribution in [0.1, 0.15) is 57.2 Å². The summed E-state index contributed by atoms with van der Waals surface area (Å²) in [6.45, 7) is 1.93. The quantitative estimate of drug-likeness (QED) is 0.885. The first kappa shape index (κ1) is 13.8. The van der Waals surface area contributed by atoms with E-state index in [1.165, 1.54) is 11.3 Å². The lowest BCUT2D eigenvalue weighted by Gasteiger charge is -2.00. The summed E-state index contributed by atoms with van der Waals surface area (Å²) < 4.78 is 5.13. The summed E-state index contributed by atoms with van der Waals surface area (Å²) in [5.41, 5.74) is 0.288. The molecule has 0 aromatic carbocycles. The molecule has 1 aliphatic rings. The highest BCUT2D eigenvalue weighted by molar-refractivity contribution is 7.16. The molecule has 2 aromatic rings. The molecule has 2 aromatic heterocycles. The van der Waals surface area contributed by atoms with Gasteiger partial charge in [-0.3, -0.25) is 4.79 Å². The zero-order valence-electron chi connectivity index (χ0n) is 11.4. The van der Waals surface area contributed by atoms with Crippen LogP contribution in [0.5, 0.6) is 0 Å². The number of carboxylic acid groups (broad SMARTS) is 1. The molecule has 0 spiro atoms. The molecule has 110 valence electrons. The molecule has 0 bridgehead atoms. The normalized spacial score (nSPS) is 14.1. The van der Waals surface area contributed by atoms with Crippen LogP contribution in [0.3, 0.4) is 0 Å². The van der Waals surface area contributed by atoms with E-state index >= 15 is 0 Å². The lowest BCUT2D eigenvalue weighted by atomic mass is 10.2. The molecule has 3 rings (SSSR count). The van der Waals surface area contributed by atoms with Crippen LogP contribution >= 0.6 is 11.3 Å². The number of anilines is 1. The van der Waals surface area contributed by atoms with Crippen molar-refractivity contribution in [1.82, 2.24) is 5.16 Å². The van der Waals surface area contributed by atoms with E-state index in [1.807, 2.05) is 6.92 Å². The molecular formula is C14H14N2O4S. The Morgan fingerprint density at radius 3 is 2.86 bits per heavy atom. The maximum Gasteiger partial charge on any atom is 0.338 e. The zero-order chi connectivity index (χ0) is 15.0. The Hall–Kier alpha value is -2.15. The van der Waals surface area contributed by atoms with Crippen molar-refractivity contribution in [2.45, 2.75) is 32.1 Å². The van der Waals surface area contributed by atoms with Crippen molar-refractivity contribution in [3.63, 3.8) is 0 Å². The van der Waals surface area contributed by atoms with Gasteiger partial charge in [0.05, 0.1) is 5.56 Å². The molecule has 7 heteroatoms. The van der Waals surface area contributed by atoms with Gasteiger partial charge in [-0.1, -0.05) is 12.1 Å². The summed E-state index contributed by atoms with van der Waals surface area (Å²) in [7, 11) is 0. The van der Waals surface area contributed by atoms with Gasteiger partial charge in [0.1, 0.15) is 10.8 Å². The van der Waals surface area contributed by atoms with Gasteiger partial charge >= 0.3 is 5.97 Å². The fourth-order valence-electron chi connectivity index (χ4n) is 1.99. The molecule has 1 fully saturated rings. The summed E-state index contributed by atoms with van der Waals surface area (Å²) in [4.78, 5) is 24.2. The second-order valence-corrected chi connectivity index (χ2v) is 6.09. The van der Waals surface area contributed by atoms with Gasteiger partial charge in [-0.15, -0.1) is 11.3 Å². The molecule has 0 aliphatic heterocycles. The van der Waals surface area contributed by atoms with Gasteiger partial charge in [0, 0.05) is 16.9 Å². The first-order chi connectivity index (χ1) is 10.1. The van der Waals surface area contributed by atoms with Crippen LogP contribution in [-0.2, 0) is 6.42 Å². The maximum atomic E-state index is 12.1. The molecule has 21 heavy (non-hydrogen) atoms. The van der Waals surface area contributed by atoms with Crippen LogP contribution in [-0.4, -0.2) is 22.1 Å². The average Bonchev–Trinajstić information content (AvgIpc) is 3.03. The zero-order valence-corrected chi connectivity index (χ0v) is 12.2. The van der Waals surface area contributed by atoms with Crippen LogP contribution in [0, 0.1) is 0 Å². The van der Waals surface area contributed by atoms with Crippen LogP contribution in [0.4, 0.5) is 5.00 Å². The largest absolute Gasteiger partial charge is 0.478 e. The van der Waals surface area contributed by atoms with Crippen molar-refractivity contribution in [2.24, 2.45) is 0 Å². The van der Waals surface area contributed by atoms with E-state index in [-0.39, 0.29) is 11.3 Å². The molecular weight excluding hydrogens is 292 g/mol. The number of amides is 1. The predicted octanol–water partition coefficient (Wildman–Crippen LogP) is 3.13. The summed E-state index contributed by atoms with van der Waals surface area (Å²) in [5, 5.41) is 15.9. The molecule has 0 atom stereocenters. The smallest absolute Gasteiger partial charge is 0.338 e. The highest BCUT2D eigenvalue weighted by Crippen LogP contribution is 2.40. The average molecular weight is 306 g/mol. The minimum absolute atomic E-state index is 0.108. The van der Waals surface area contributed by atoms with Gasteiger partial charge in [0.25, 0.3) is 5.91 Å². The van der Waals surface area contributed by atoms with Crippen molar-refractivity contribution in [2.75, 3.05) is 5.32 Å². The molecule has 1 saturated carbocycles. The SMILES string of the molecule is CCc1cc(C(=O)O)c(NC(=O)c2cc(C3CC3)on2)s1. The number of thiophene rings is 1. The third-order valence-corrected chi connectivity index (χ3v) is 4.52. The number of carbonyl (C=O) groups is 2. The first-order valence-corrected chi connectivity index (χ1v) is 7.54. The van der Waals surface area contributed by atoms with Crippen LogP contribution in [0.15, 0.2) is 16.7 Å². The molecule has 0 radical (unpaired) electrons. The third kappa shape index (κ3) is 2.82. The van der Waals surface area contributed by atoms with E-state index in [4.69, 9.17) is 9.63 Å². The minimum Gasteiger partial charge on any atom is -0.478 e. The van der Waals surface area contributed by atoms with E-state index < -0.39 is 11.9 Å². The number of aromatic nitrogens is 1. The molecule has 0 saturated heterocycles. The van der Waals surface area contributed by atoms with Crippen molar-refractivity contribution in [3.8, 4) is 0 Å².